The Morgan fingerprint density at radius 2 is 2.07 bits per heavy atom. The van der Waals surface area contributed by atoms with Gasteiger partial charge in [0.15, 0.2) is 4.80 Å². The van der Waals surface area contributed by atoms with E-state index in [9.17, 15) is 14.0 Å². The number of hydrogen-bond donors (Lipinski definition) is 0. The molecule has 3 heterocycles. The summed E-state index contributed by atoms with van der Waals surface area (Å²) in [7, 11) is 0. The van der Waals surface area contributed by atoms with Gasteiger partial charge in [0.1, 0.15) is 5.82 Å². The largest absolute Gasteiger partial charge is 0.463 e. The summed E-state index contributed by atoms with van der Waals surface area (Å²) < 4.78 is 20.7. The summed E-state index contributed by atoms with van der Waals surface area (Å²) in [6.45, 7) is 3.61. The first-order valence-electron chi connectivity index (χ1n) is 9.34. The van der Waals surface area contributed by atoms with Crippen LogP contribution in [0.3, 0.4) is 0 Å². The van der Waals surface area contributed by atoms with E-state index in [2.05, 4.69) is 9.98 Å². The molecule has 0 N–H and O–H groups in total. The molecule has 0 unspecified atom stereocenters. The number of allylic oxidation sites excluding steroid dienone is 1. The Kier molecular flexibility index (Phi) is 5.41. The van der Waals surface area contributed by atoms with Crippen molar-refractivity contribution in [2.75, 3.05) is 6.61 Å². The zero-order valence-electron chi connectivity index (χ0n) is 16.3. The van der Waals surface area contributed by atoms with Crippen molar-refractivity contribution >= 4 is 23.4 Å². The number of carbonyl (C=O) groups excluding carboxylic acids is 1. The zero-order chi connectivity index (χ0) is 21.3. The number of fused-ring (bicyclic) bond motifs is 1. The molecule has 0 saturated carbocycles. The van der Waals surface area contributed by atoms with Gasteiger partial charge < -0.3 is 4.74 Å². The van der Waals surface area contributed by atoms with E-state index in [4.69, 9.17) is 4.74 Å². The Labute approximate surface area is 175 Å². The first-order valence-corrected chi connectivity index (χ1v) is 10.2. The van der Waals surface area contributed by atoms with Crippen molar-refractivity contribution in [3.05, 3.63) is 96.7 Å². The molecule has 0 amide bonds. The van der Waals surface area contributed by atoms with Gasteiger partial charge in [0.25, 0.3) is 5.56 Å². The van der Waals surface area contributed by atoms with E-state index in [1.54, 1.807) is 50.5 Å². The summed E-state index contributed by atoms with van der Waals surface area (Å²) in [6.07, 6.45) is 5.05. The van der Waals surface area contributed by atoms with Gasteiger partial charge in [-0.3, -0.25) is 14.3 Å². The van der Waals surface area contributed by atoms with Gasteiger partial charge in [-0.2, -0.15) is 0 Å². The van der Waals surface area contributed by atoms with E-state index in [0.717, 1.165) is 5.56 Å². The molecule has 4 rings (SSSR count). The average Bonchev–Trinajstić information content (AvgIpc) is 3.03. The number of benzene rings is 1. The highest BCUT2D eigenvalue weighted by molar-refractivity contribution is 7.07. The number of ether oxygens (including phenoxy) is 1. The Bertz CT molecular complexity index is 1310. The Morgan fingerprint density at radius 3 is 2.73 bits per heavy atom. The van der Waals surface area contributed by atoms with Gasteiger partial charge in [0.05, 0.1) is 28.5 Å². The molecule has 6 nitrogen and oxygen atoms in total. The molecule has 152 valence electrons. The minimum absolute atomic E-state index is 0.192. The highest BCUT2D eigenvalue weighted by Crippen LogP contribution is 2.30. The van der Waals surface area contributed by atoms with Crippen LogP contribution in [0.4, 0.5) is 4.39 Å². The van der Waals surface area contributed by atoms with Crippen LogP contribution in [0.2, 0.25) is 0 Å². The molecular weight excluding hydrogens is 405 g/mol. The molecule has 0 aliphatic carbocycles. The highest BCUT2D eigenvalue weighted by atomic mass is 32.1. The lowest BCUT2D eigenvalue weighted by atomic mass is 9.96. The van der Waals surface area contributed by atoms with Gasteiger partial charge in [-0.25, -0.2) is 14.2 Å². The van der Waals surface area contributed by atoms with Gasteiger partial charge in [0.2, 0.25) is 0 Å². The van der Waals surface area contributed by atoms with Crippen LogP contribution in [0.1, 0.15) is 31.0 Å². The Morgan fingerprint density at radius 1 is 1.30 bits per heavy atom. The third-order valence-corrected chi connectivity index (χ3v) is 5.67. The van der Waals surface area contributed by atoms with Gasteiger partial charge in [-0.05, 0) is 49.2 Å². The summed E-state index contributed by atoms with van der Waals surface area (Å²) in [4.78, 5) is 35.1. The Hall–Kier alpha value is -3.39. The van der Waals surface area contributed by atoms with Crippen LogP contribution in [-0.4, -0.2) is 22.1 Å². The predicted octanol–water partition coefficient (Wildman–Crippen LogP) is 2.33. The SMILES string of the molecule is CCOC(=O)C1=C(C)N=c2s/c(=C\c3cccnc3)c(=O)n2[C@H]1c1ccc(F)cc1. The first kappa shape index (κ1) is 19.9. The van der Waals surface area contributed by atoms with E-state index in [1.807, 2.05) is 6.07 Å². The number of nitrogens with zero attached hydrogens (tertiary/aromatic N) is 3. The lowest BCUT2D eigenvalue weighted by molar-refractivity contribution is -0.139. The average molecular weight is 423 g/mol. The number of esters is 1. The van der Waals surface area contributed by atoms with E-state index in [-0.39, 0.29) is 17.7 Å². The predicted molar refractivity (Wildman–Crippen MR) is 111 cm³/mol. The first-order chi connectivity index (χ1) is 14.5. The molecule has 1 atom stereocenters. The van der Waals surface area contributed by atoms with Crippen molar-refractivity contribution < 1.29 is 13.9 Å². The molecule has 8 heteroatoms. The van der Waals surface area contributed by atoms with E-state index >= 15 is 0 Å². The molecule has 0 radical (unpaired) electrons. The molecule has 1 aliphatic rings. The molecule has 0 saturated heterocycles. The molecule has 0 fully saturated rings. The maximum absolute atomic E-state index is 13.5. The minimum atomic E-state index is -0.753. The Balaban J connectivity index is 1.96. The number of halogens is 1. The van der Waals surface area contributed by atoms with Gasteiger partial charge in [-0.1, -0.05) is 29.5 Å². The van der Waals surface area contributed by atoms with Crippen molar-refractivity contribution in [3.8, 4) is 0 Å². The quantitative estimate of drug-likeness (QED) is 0.604. The smallest absolute Gasteiger partial charge is 0.338 e. The zero-order valence-corrected chi connectivity index (χ0v) is 17.1. The standard InChI is InChI=1S/C22H18FN3O3S/c1-3-29-21(28)18-13(2)25-22-26(19(18)15-6-8-16(23)9-7-15)20(27)17(30-22)11-14-5-4-10-24-12-14/h4-12,19H,3H2,1-2H3/b17-11-/t19-/m0/s1. The van der Waals surface area contributed by atoms with E-state index in [0.29, 0.717) is 20.6 Å². The molecule has 0 spiro atoms. The number of pyridine rings is 1. The summed E-state index contributed by atoms with van der Waals surface area (Å²) in [6, 6.07) is 8.62. The lowest BCUT2D eigenvalue weighted by Crippen LogP contribution is -2.39. The fourth-order valence-electron chi connectivity index (χ4n) is 3.36. The number of hydrogen-bond acceptors (Lipinski definition) is 6. The van der Waals surface area contributed by atoms with Gasteiger partial charge in [0, 0.05) is 12.4 Å². The summed E-state index contributed by atoms with van der Waals surface area (Å²) in [5.74, 6) is -0.948. The third-order valence-electron chi connectivity index (χ3n) is 4.68. The fraction of sp³-hybridized carbons (Fsp3) is 0.182. The molecule has 0 bridgehead atoms. The molecule has 30 heavy (non-hydrogen) atoms. The fourth-order valence-corrected chi connectivity index (χ4v) is 4.41. The van der Waals surface area contributed by atoms with Crippen molar-refractivity contribution in [1.82, 2.24) is 9.55 Å². The van der Waals surface area contributed by atoms with Crippen LogP contribution in [0.25, 0.3) is 6.08 Å². The van der Waals surface area contributed by atoms with Crippen LogP contribution in [0.5, 0.6) is 0 Å². The van der Waals surface area contributed by atoms with E-state index < -0.39 is 17.8 Å². The number of rotatable bonds is 4. The maximum atomic E-state index is 13.5. The summed E-state index contributed by atoms with van der Waals surface area (Å²) >= 11 is 1.23. The van der Waals surface area contributed by atoms with Gasteiger partial charge in [-0.15, -0.1) is 0 Å². The highest BCUT2D eigenvalue weighted by Gasteiger charge is 2.33. The topological polar surface area (TPSA) is 73.6 Å². The number of aromatic nitrogens is 2. The monoisotopic (exact) mass is 423 g/mol. The third kappa shape index (κ3) is 3.61. The summed E-state index contributed by atoms with van der Waals surface area (Å²) in [5.41, 5.74) is 1.83. The molecule has 3 aromatic rings. The van der Waals surface area contributed by atoms with Gasteiger partial charge >= 0.3 is 5.97 Å². The van der Waals surface area contributed by atoms with Crippen LogP contribution in [0.15, 0.2) is 69.8 Å². The van der Waals surface area contributed by atoms with Crippen LogP contribution < -0.4 is 14.9 Å². The van der Waals surface area contributed by atoms with Crippen molar-refractivity contribution in [2.24, 2.45) is 4.99 Å². The second-order valence-electron chi connectivity index (χ2n) is 6.64. The number of carbonyl (C=O) groups is 1. The molecule has 1 aliphatic heterocycles. The van der Waals surface area contributed by atoms with Crippen LogP contribution in [-0.2, 0) is 9.53 Å². The minimum Gasteiger partial charge on any atom is -0.463 e. The second kappa shape index (κ2) is 8.16. The number of thiazole rings is 1. The molecule has 1 aromatic carbocycles. The van der Waals surface area contributed by atoms with Crippen LogP contribution in [0, 0.1) is 5.82 Å². The maximum Gasteiger partial charge on any atom is 0.338 e. The van der Waals surface area contributed by atoms with Crippen molar-refractivity contribution in [3.63, 3.8) is 0 Å². The van der Waals surface area contributed by atoms with E-state index in [1.165, 1.54) is 28.0 Å². The molecular formula is C22H18FN3O3S. The second-order valence-corrected chi connectivity index (χ2v) is 7.65. The van der Waals surface area contributed by atoms with Crippen LogP contribution >= 0.6 is 11.3 Å². The normalized spacial score (nSPS) is 16.2. The lowest BCUT2D eigenvalue weighted by Gasteiger charge is -2.24. The van der Waals surface area contributed by atoms with Crippen molar-refractivity contribution in [1.29, 1.82) is 0 Å². The van der Waals surface area contributed by atoms with Crippen molar-refractivity contribution in [2.45, 2.75) is 19.9 Å². The summed E-state index contributed by atoms with van der Waals surface area (Å²) in [5, 5.41) is 0. The molecule has 2 aromatic heterocycles.